The summed E-state index contributed by atoms with van der Waals surface area (Å²) in [6.45, 7) is 1.11. The monoisotopic (exact) mass is 524 g/mol. The third kappa shape index (κ3) is 4.48. The minimum absolute atomic E-state index is 0.0567. The number of hydrogen-bond donors (Lipinski definition) is 2. The van der Waals surface area contributed by atoms with Gasteiger partial charge in [0.15, 0.2) is 5.79 Å². The lowest BCUT2D eigenvalue weighted by Crippen LogP contribution is -2.56. The van der Waals surface area contributed by atoms with Crippen LogP contribution in [0.2, 0.25) is 0 Å². The Hall–Kier alpha value is 1.26. The van der Waals surface area contributed by atoms with Crippen LogP contribution in [-0.4, -0.2) is 97.3 Å². The zero-order valence-corrected chi connectivity index (χ0v) is 21.7. The van der Waals surface area contributed by atoms with Crippen LogP contribution in [0.4, 0.5) is 0 Å². The van der Waals surface area contributed by atoms with Gasteiger partial charge >= 0.3 is 0 Å². The molecule has 0 aromatic rings. The van der Waals surface area contributed by atoms with Crippen molar-refractivity contribution in [1.29, 1.82) is 0 Å². The Morgan fingerprint density at radius 2 is 1.35 bits per heavy atom. The molecule has 0 radical (unpaired) electrons. The standard InChI is InChI=1S/C21H32O5S5/c22-17-13(18(23)15-11-27-5-1-20(15)25-3-4-26-20)9-29-10-14(17)19(24)16-12-28-6-2-21(16)30-7-8-31-21/h13-16,18-19,23-24H,1-12H2/t13-,14-,15-,16+,18+,19-/m0/s1. The van der Waals surface area contributed by atoms with Gasteiger partial charge in [0.25, 0.3) is 0 Å². The number of aliphatic hydroxyl groups excluding tert-OH is 2. The lowest BCUT2D eigenvalue weighted by molar-refractivity contribution is -0.218. The van der Waals surface area contributed by atoms with Crippen LogP contribution in [0.3, 0.4) is 0 Å². The summed E-state index contributed by atoms with van der Waals surface area (Å²) < 4.78 is 12.1. The molecule has 176 valence electrons. The Balaban J connectivity index is 1.32. The number of carbonyl (C=O) groups is 1. The van der Waals surface area contributed by atoms with Gasteiger partial charge in [-0.25, -0.2) is 0 Å². The van der Waals surface area contributed by atoms with E-state index in [0.717, 1.165) is 47.4 Å². The number of ether oxygens (including phenoxy) is 2. The van der Waals surface area contributed by atoms with Crippen molar-refractivity contribution in [1.82, 2.24) is 0 Å². The predicted molar refractivity (Wildman–Crippen MR) is 134 cm³/mol. The molecule has 0 saturated carbocycles. The van der Waals surface area contributed by atoms with Gasteiger partial charge in [-0.3, -0.25) is 4.79 Å². The molecule has 0 amide bonds. The third-order valence-electron chi connectivity index (χ3n) is 7.44. The van der Waals surface area contributed by atoms with Crippen LogP contribution >= 0.6 is 58.8 Å². The number of Topliss-reactive ketones (excluding diaryl/α,β-unsaturated/α-hetero) is 1. The second kappa shape index (κ2) is 10.1. The first-order valence-corrected chi connectivity index (χ1v) is 16.7. The molecular formula is C21H32O5S5. The Morgan fingerprint density at radius 1 is 0.774 bits per heavy atom. The number of aliphatic hydroxyl groups is 2. The summed E-state index contributed by atoms with van der Waals surface area (Å²) in [5.74, 6) is 5.72. The zero-order valence-electron chi connectivity index (χ0n) is 17.6. The summed E-state index contributed by atoms with van der Waals surface area (Å²) >= 11 is 9.42. The molecule has 0 aromatic carbocycles. The molecule has 0 aliphatic carbocycles. The number of rotatable bonds is 4. The van der Waals surface area contributed by atoms with Crippen LogP contribution < -0.4 is 0 Å². The first kappa shape index (κ1) is 24.0. The molecule has 5 fully saturated rings. The second-order valence-electron chi connectivity index (χ2n) is 9.01. The summed E-state index contributed by atoms with van der Waals surface area (Å²) in [5.41, 5.74) is 0. The van der Waals surface area contributed by atoms with Crippen molar-refractivity contribution in [2.75, 3.05) is 59.2 Å². The van der Waals surface area contributed by atoms with Crippen LogP contribution in [-0.2, 0) is 14.3 Å². The Labute approximate surface area is 206 Å². The molecule has 10 heteroatoms. The minimum atomic E-state index is -0.786. The van der Waals surface area contributed by atoms with Crippen molar-refractivity contribution in [3.8, 4) is 0 Å². The van der Waals surface area contributed by atoms with Gasteiger partial charge in [-0.2, -0.15) is 35.3 Å². The van der Waals surface area contributed by atoms with E-state index in [1.54, 1.807) is 23.5 Å². The largest absolute Gasteiger partial charge is 0.392 e. The van der Waals surface area contributed by atoms with Crippen LogP contribution in [0.5, 0.6) is 0 Å². The molecule has 6 atom stereocenters. The van der Waals surface area contributed by atoms with E-state index in [1.807, 2.05) is 35.3 Å². The topological polar surface area (TPSA) is 76.0 Å². The molecule has 0 bridgehead atoms. The molecule has 0 aromatic heterocycles. The summed E-state index contributed by atoms with van der Waals surface area (Å²) in [6, 6.07) is 0. The number of ketones is 1. The summed E-state index contributed by atoms with van der Waals surface area (Å²) in [6.07, 6.45) is 0.446. The molecule has 5 heterocycles. The van der Waals surface area contributed by atoms with E-state index in [1.165, 1.54) is 0 Å². The van der Waals surface area contributed by atoms with Crippen molar-refractivity contribution in [3.63, 3.8) is 0 Å². The molecule has 5 rings (SSSR count). The predicted octanol–water partition coefficient (Wildman–Crippen LogP) is 2.68. The minimum Gasteiger partial charge on any atom is -0.392 e. The average Bonchev–Trinajstić information content (AvgIpc) is 3.44. The number of carbonyl (C=O) groups excluding carboxylic acids is 1. The average molecular weight is 525 g/mol. The van der Waals surface area contributed by atoms with Gasteiger partial charge < -0.3 is 19.7 Å². The van der Waals surface area contributed by atoms with Gasteiger partial charge in [-0.05, 0) is 17.9 Å². The number of hydrogen-bond acceptors (Lipinski definition) is 10. The van der Waals surface area contributed by atoms with Gasteiger partial charge in [0.1, 0.15) is 5.78 Å². The highest BCUT2D eigenvalue weighted by atomic mass is 32.2. The maximum Gasteiger partial charge on any atom is 0.175 e. The van der Waals surface area contributed by atoms with Gasteiger partial charge in [-0.15, -0.1) is 23.5 Å². The maximum absolute atomic E-state index is 13.7. The van der Waals surface area contributed by atoms with Crippen molar-refractivity contribution in [2.45, 2.75) is 34.9 Å². The quantitative estimate of drug-likeness (QED) is 0.573. The van der Waals surface area contributed by atoms with Gasteiger partial charge in [-0.1, -0.05) is 0 Å². The van der Waals surface area contributed by atoms with Crippen LogP contribution in [0, 0.1) is 23.7 Å². The van der Waals surface area contributed by atoms with E-state index in [4.69, 9.17) is 9.47 Å². The lowest BCUT2D eigenvalue weighted by atomic mass is 9.77. The van der Waals surface area contributed by atoms with E-state index >= 15 is 0 Å². The Bertz CT molecular complexity index is 602. The molecule has 5 aliphatic rings. The van der Waals surface area contributed by atoms with Crippen LogP contribution in [0.25, 0.3) is 0 Å². The van der Waals surface area contributed by atoms with E-state index in [0.29, 0.717) is 24.7 Å². The van der Waals surface area contributed by atoms with E-state index < -0.39 is 29.8 Å². The first-order valence-electron chi connectivity index (χ1n) is 11.3. The Kier molecular flexibility index (Phi) is 7.80. The Morgan fingerprint density at radius 3 is 2.03 bits per heavy atom. The smallest absolute Gasteiger partial charge is 0.175 e. The fourth-order valence-electron chi connectivity index (χ4n) is 5.71. The molecule has 5 aliphatic heterocycles. The van der Waals surface area contributed by atoms with E-state index in [2.05, 4.69) is 0 Å². The molecule has 5 saturated heterocycles. The fraction of sp³-hybridized carbons (Fsp3) is 0.952. The van der Waals surface area contributed by atoms with E-state index in [9.17, 15) is 15.0 Å². The van der Waals surface area contributed by atoms with Crippen molar-refractivity contribution in [2.24, 2.45) is 23.7 Å². The number of thioether (sulfide) groups is 5. The first-order chi connectivity index (χ1) is 15.1. The van der Waals surface area contributed by atoms with Crippen molar-refractivity contribution >= 4 is 64.6 Å². The van der Waals surface area contributed by atoms with E-state index in [-0.39, 0.29) is 21.7 Å². The molecule has 2 spiro atoms. The van der Waals surface area contributed by atoms with Crippen LogP contribution in [0.1, 0.15) is 12.8 Å². The van der Waals surface area contributed by atoms with Crippen molar-refractivity contribution < 1.29 is 24.5 Å². The SMILES string of the molecule is O=C1[C@@H]([C@H](O)[C@H]2CSCCC23SCCS3)CSC[C@@H]1[C@@H](O)[C@@H]1CSCCC12OCCO2. The molecule has 31 heavy (non-hydrogen) atoms. The molecule has 5 nitrogen and oxygen atoms in total. The molecule has 0 unspecified atom stereocenters. The van der Waals surface area contributed by atoms with Gasteiger partial charge in [0.2, 0.25) is 0 Å². The maximum atomic E-state index is 13.7. The highest BCUT2D eigenvalue weighted by Crippen LogP contribution is 2.57. The molecule has 2 N–H and O–H groups in total. The normalized spacial score (nSPS) is 39.7. The summed E-state index contributed by atoms with van der Waals surface area (Å²) in [5, 5.41) is 22.9. The third-order valence-corrected chi connectivity index (χ3v) is 14.6. The summed E-state index contributed by atoms with van der Waals surface area (Å²) in [7, 11) is 0. The van der Waals surface area contributed by atoms with Crippen molar-refractivity contribution in [3.05, 3.63) is 0 Å². The summed E-state index contributed by atoms with van der Waals surface area (Å²) in [4.78, 5) is 13.7. The second-order valence-corrected chi connectivity index (χ2v) is 15.5. The highest BCUT2D eigenvalue weighted by molar-refractivity contribution is 8.21. The molecular weight excluding hydrogens is 493 g/mol. The zero-order chi connectivity index (χ0) is 21.5. The van der Waals surface area contributed by atoms with Gasteiger partial charge in [0, 0.05) is 52.8 Å². The lowest BCUT2D eigenvalue weighted by Gasteiger charge is -2.46. The van der Waals surface area contributed by atoms with Gasteiger partial charge in [0.05, 0.1) is 41.3 Å². The highest BCUT2D eigenvalue weighted by Gasteiger charge is 2.55. The fourth-order valence-corrected chi connectivity index (χ4v) is 13.8. The van der Waals surface area contributed by atoms with Crippen LogP contribution in [0.15, 0.2) is 0 Å².